The maximum Gasteiger partial charge on any atom is 0.264 e. The molecule has 1 aromatic heterocycles. The fourth-order valence-electron chi connectivity index (χ4n) is 0.922. The monoisotopic (exact) mass is 231 g/mol. The number of halogens is 1. The van der Waals surface area contributed by atoms with Gasteiger partial charge in [0.25, 0.3) is 4.80 Å². The maximum absolute atomic E-state index is 10.5. The lowest BCUT2D eigenvalue weighted by Crippen LogP contribution is -2.12. The van der Waals surface area contributed by atoms with Gasteiger partial charge in [-0.2, -0.15) is 0 Å². The van der Waals surface area contributed by atoms with Crippen LogP contribution in [0.4, 0.5) is 0 Å². The molecule has 0 spiro atoms. The smallest absolute Gasteiger partial charge is 0.264 e. The highest BCUT2D eigenvalue weighted by Gasteiger charge is 2.24. The van der Waals surface area contributed by atoms with Crippen LogP contribution in [0.2, 0.25) is 0 Å². The molecular weight excluding hydrogens is 222 g/mol. The summed E-state index contributed by atoms with van der Waals surface area (Å²) in [5.74, 6) is 0.615. The molecule has 0 fully saturated rings. The zero-order valence-corrected chi connectivity index (χ0v) is 8.81. The number of carbonyl (C=O) groups excluding carboxylic acids is 1. The standard InChI is InChI=1S/C8H10BrNO2/c1-8(2,3)6-5(4-11)10-7(9)12-6/h4H,1-3H3. The summed E-state index contributed by atoms with van der Waals surface area (Å²) in [6.45, 7) is 5.90. The summed E-state index contributed by atoms with van der Waals surface area (Å²) in [6.07, 6.45) is 0.703. The third-order valence-electron chi connectivity index (χ3n) is 1.42. The van der Waals surface area contributed by atoms with E-state index in [9.17, 15) is 4.79 Å². The van der Waals surface area contributed by atoms with E-state index in [-0.39, 0.29) is 5.41 Å². The van der Waals surface area contributed by atoms with Crippen molar-refractivity contribution in [2.75, 3.05) is 0 Å². The zero-order chi connectivity index (χ0) is 9.35. The van der Waals surface area contributed by atoms with Crippen molar-refractivity contribution in [3.05, 3.63) is 16.3 Å². The van der Waals surface area contributed by atoms with E-state index >= 15 is 0 Å². The van der Waals surface area contributed by atoms with Crippen molar-refractivity contribution in [1.29, 1.82) is 0 Å². The number of aromatic nitrogens is 1. The Kier molecular flexibility index (Phi) is 2.37. The highest BCUT2D eigenvalue weighted by atomic mass is 79.9. The fourth-order valence-corrected chi connectivity index (χ4v) is 1.27. The number of carbonyl (C=O) groups is 1. The molecule has 0 bridgehead atoms. The molecule has 0 amide bonds. The van der Waals surface area contributed by atoms with Crippen molar-refractivity contribution in [1.82, 2.24) is 4.98 Å². The molecule has 0 saturated carbocycles. The Morgan fingerprint density at radius 1 is 1.50 bits per heavy atom. The van der Waals surface area contributed by atoms with Crippen molar-refractivity contribution >= 4 is 22.2 Å². The van der Waals surface area contributed by atoms with Crippen molar-refractivity contribution in [3.63, 3.8) is 0 Å². The quantitative estimate of drug-likeness (QED) is 0.698. The Balaban J connectivity index is 3.22. The van der Waals surface area contributed by atoms with Gasteiger partial charge in [-0.1, -0.05) is 20.8 Å². The largest absolute Gasteiger partial charge is 0.435 e. The first-order chi connectivity index (χ1) is 5.45. The van der Waals surface area contributed by atoms with Crippen LogP contribution in [0.3, 0.4) is 0 Å². The van der Waals surface area contributed by atoms with Gasteiger partial charge in [-0.15, -0.1) is 0 Å². The Morgan fingerprint density at radius 2 is 2.08 bits per heavy atom. The van der Waals surface area contributed by atoms with Gasteiger partial charge in [0.1, 0.15) is 11.5 Å². The molecule has 3 nitrogen and oxygen atoms in total. The maximum atomic E-state index is 10.5. The van der Waals surface area contributed by atoms with Gasteiger partial charge in [0.15, 0.2) is 6.29 Å². The second kappa shape index (κ2) is 3.01. The van der Waals surface area contributed by atoms with Gasteiger partial charge in [0.05, 0.1) is 0 Å². The van der Waals surface area contributed by atoms with E-state index in [0.29, 0.717) is 22.5 Å². The lowest BCUT2D eigenvalue weighted by molar-refractivity contribution is 0.111. The van der Waals surface area contributed by atoms with E-state index < -0.39 is 0 Å². The van der Waals surface area contributed by atoms with Gasteiger partial charge in [0.2, 0.25) is 0 Å². The van der Waals surface area contributed by atoms with E-state index in [0.717, 1.165) is 0 Å². The molecule has 0 radical (unpaired) electrons. The Labute approximate surface area is 79.3 Å². The van der Waals surface area contributed by atoms with Crippen LogP contribution in [0.5, 0.6) is 0 Å². The predicted octanol–water partition coefficient (Wildman–Crippen LogP) is 2.55. The average Bonchev–Trinajstić information content (AvgIpc) is 2.29. The summed E-state index contributed by atoms with van der Waals surface area (Å²) >= 11 is 3.08. The molecule has 0 unspecified atom stereocenters. The lowest BCUT2D eigenvalue weighted by Gasteiger charge is -2.14. The first-order valence-corrected chi connectivity index (χ1v) is 4.36. The number of aldehydes is 1. The van der Waals surface area contributed by atoms with Gasteiger partial charge < -0.3 is 4.42 Å². The predicted molar refractivity (Wildman–Crippen MR) is 48.3 cm³/mol. The number of hydrogen-bond acceptors (Lipinski definition) is 3. The van der Waals surface area contributed by atoms with Crippen molar-refractivity contribution < 1.29 is 9.21 Å². The summed E-state index contributed by atoms with van der Waals surface area (Å²) in [5.41, 5.74) is 0.185. The van der Waals surface area contributed by atoms with E-state index in [1.807, 2.05) is 20.8 Å². The summed E-state index contributed by atoms with van der Waals surface area (Å²) in [5, 5.41) is 0. The Bertz CT molecular complexity index is 298. The van der Waals surface area contributed by atoms with E-state index in [1.165, 1.54) is 0 Å². The summed E-state index contributed by atoms with van der Waals surface area (Å²) < 4.78 is 5.24. The van der Waals surface area contributed by atoms with Crippen LogP contribution in [0.15, 0.2) is 9.22 Å². The highest BCUT2D eigenvalue weighted by molar-refractivity contribution is 9.10. The summed E-state index contributed by atoms with van der Waals surface area (Å²) in [7, 11) is 0. The second-order valence-corrected chi connectivity index (χ2v) is 4.23. The molecule has 1 rings (SSSR count). The fraction of sp³-hybridized carbons (Fsp3) is 0.500. The van der Waals surface area contributed by atoms with Crippen molar-refractivity contribution in [2.24, 2.45) is 0 Å². The van der Waals surface area contributed by atoms with Crippen LogP contribution >= 0.6 is 15.9 Å². The van der Waals surface area contributed by atoms with Crippen LogP contribution in [0, 0.1) is 0 Å². The number of nitrogens with zero attached hydrogens (tertiary/aromatic N) is 1. The van der Waals surface area contributed by atoms with Gasteiger partial charge in [0, 0.05) is 21.3 Å². The van der Waals surface area contributed by atoms with Crippen LogP contribution in [0.1, 0.15) is 37.0 Å². The first kappa shape index (κ1) is 9.45. The molecular formula is C8H10BrNO2. The van der Waals surface area contributed by atoms with Crippen LogP contribution in [-0.2, 0) is 5.41 Å². The minimum atomic E-state index is -0.185. The first-order valence-electron chi connectivity index (χ1n) is 3.57. The molecule has 1 aromatic rings. The number of rotatable bonds is 1. The minimum absolute atomic E-state index is 0.185. The Morgan fingerprint density at radius 3 is 2.42 bits per heavy atom. The number of hydrogen-bond donors (Lipinski definition) is 0. The molecule has 0 N–H and O–H groups in total. The summed E-state index contributed by atoms with van der Waals surface area (Å²) in [6, 6.07) is 0. The third kappa shape index (κ3) is 1.75. The minimum Gasteiger partial charge on any atom is -0.435 e. The highest BCUT2D eigenvalue weighted by Crippen LogP contribution is 2.27. The van der Waals surface area contributed by atoms with E-state index in [2.05, 4.69) is 20.9 Å². The molecule has 66 valence electrons. The van der Waals surface area contributed by atoms with E-state index in [1.54, 1.807) is 0 Å². The molecule has 4 heteroatoms. The van der Waals surface area contributed by atoms with Gasteiger partial charge in [-0.05, 0) is 0 Å². The average molecular weight is 232 g/mol. The molecule has 1 heterocycles. The second-order valence-electron chi connectivity index (χ2n) is 3.55. The topological polar surface area (TPSA) is 43.1 Å². The molecule has 0 aliphatic carbocycles. The van der Waals surface area contributed by atoms with Crippen LogP contribution in [0.25, 0.3) is 0 Å². The normalized spacial score (nSPS) is 11.7. The third-order valence-corrected chi connectivity index (χ3v) is 1.76. The van der Waals surface area contributed by atoms with E-state index in [4.69, 9.17) is 4.42 Å². The van der Waals surface area contributed by atoms with Crippen LogP contribution in [-0.4, -0.2) is 11.3 Å². The molecule has 0 saturated heterocycles. The number of oxazole rings is 1. The van der Waals surface area contributed by atoms with Gasteiger partial charge >= 0.3 is 0 Å². The van der Waals surface area contributed by atoms with Gasteiger partial charge in [-0.3, -0.25) is 4.79 Å². The molecule has 0 aliphatic heterocycles. The molecule has 0 aromatic carbocycles. The Hall–Kier alpha value is -0.640. The molecule has 0 aliphatic rings. The van der Waals surface area contributed by atoms with Crippen molar-refractivity contribution in [3.8, 4) is 0 Å². The SMILES string of the molecule is CC(C)(C)c1oc(Br)nc1C=O. The van der Waals surface area contributed by atoms with Crippen molar-refractivity contribution in [2.45, 2.75) is 26.2 Å². The van der Waals surface area contributed by atoms with Crippen LogP contribution < -0.4 is 0 Å². The zero-order valence-electron chi connectivity index (χ0n) is 7.22. The lowest BCUT2D eigenvalue weighted by atomic mass is 9.92. The van der Waals surface area contributed by atoms with Gasteiger partial charge in [-0.25, -0.2) is 4.98 Å². The summed E-state index contributed by atoms with van der Waals surface area (Å²) in [4.78, 5) is 14.8. The molecule has 12 heavy (non-hydrogen) atoms. The molecule has 0 atom stereocenters.